The van der Waals surface area contributed by atoms with Crippen molar-refractivity contribution in [1.29, 1.82) is 0 Å². The van der Waals surface area contributed by atoms with Gasteiger partial charge in [0.05, 0.1) is 6.61 Å². The van der Waals surface area contributed by atoms with E-state index in [-0.39, 0.29) is 5.97 Å². The van der Waals surface area contributed by atoms with Crippen molar-refractivity contribution in [1.82, 2.24) is 0 Å². The van der Waals surface area contributed by atoms with Gasteiger partial charge in [-0.15, -0.1) is 11.3 Å². The number of thiophene rings is 1. The number of ether oxygens (including phenoxy) is 1. The number of nitrogens with one attached hydrogen (secondary N) is 1. The van der Waals surface area contributed by atoms with Crippen LogP contribution in [0.5, 0.6) is 0 Å². The summed E-state index contributed by atoms with van der Waals surface area (Å²) in [5.41, 5.74) is 3.61. The Morgan fingerprint density at radius 2 is 1.96 bits per heavy atom. The summed E-state index contributed by atoms with van der Waals surface area (Å²) < 4.78 is 5.24. The minimum Gasteiger partial charge on any atom is -0.462 e. The fourth-order valence-corrected chi connectivity index (χ4v) is 3.48. The average molecular weight is 351 g/mol. The number of carbonyl (C=O) groups excluding carboxylic acids is 2. The van der Waals surface area contributed by atoms with Gasteiger partial charge >= 0.3 is 5.97 Å². The summed E-state index contributed by atoms with van der Waals surface area (Å²) in [6.07, 6.45) is 0.793. The smallest absolute Gasteiger partial charge is 0.341 e. The van der Waals surface area contributed by atoms with E-state index in [9.17, 15) is 9.59 Å². The number of esters is 1. The number of rotatable bonds is 6. The fraction of sp³-hybridized carbons (Fsp3) is 0.100. The average Bonchev–Trinajstić information content (AvgIpc) is 3.06. The molecule has 4 nitrogen and oxygen atoms in total. The van der Waals surface area contributed by atoms with E-state index in [4.69, 9.17) is 4.74 Å². The number of hydrogen-bond acceptors (Lipinski definition) is 5. The Bertz CT molecular complexity index is 887. The van der Waals surface area contributed by atoms with Crippen molar-refractivity contribution in [3.05, 3.63) is 71.1 Å². The van der Waals surface area contributed by atoms with Crippen molar-refractivity contribution in [2.75, 3.05) is 11.9 Å². The fourth-order valence-electron chi connectivity index (χ4n) is 2.51. The second-order valence-electron chi connectivity index (χ2n) is 5.31. The maximum absolute atomic E-state index is 12.5. The van der Waals surface area contributed by atoms with Crippen LogP contribution in [0.15, 0.2) is 60.0 Å². The Hall–Kier alpha value is -2.92. The van der Waals surface area contributed by atoms with Crippen molar-refractivity contribution in [3.8, 4) is 11.1 Å². The van der Waals surface area contributed by atoms with Crippen LogP contribution in [0.4, 0.5) is 10.7 Å². The van der Waals surface area contributed by atoms with Gasteiger partial charge in [-0.2, -0.15) is 0 Å². The third-order valence-corrected chi connectivity index (χ3v) is 4.53. The van der Waals surface area contributed by atoms with Gasteiger partial charge in [0, 0.05) is 22.2 Å². The van der Waals surface area contributed by atoms with Crippen molar-refractivity contribution >= 4 is 34.3 Å². The monoisotopic (exact) mass is 351 g/mol. The Balaban J connectivity index is 2.02. The molecule has 3 aromatic rings. The molecule has 25 heavy (non-hydrogen) atoms. The number of anilines is 2. The predicted molar refractivity (Wildman–Crippen MR) is 101 cm³/mol. The Labute approximate surface area is 150 Å². The normalized spacial score (nSPS) is 10.3. The lowest BCUT2D eigenvalue weighted by atomic mass is 10.0. The molecule has 0 unspecified atom stereocenters. The second-order valence-corrected chi connectivity index (χ2v) is 6.19. The lowest BCUT2D eigenvalue weighted by molar-refractivity contribution is 0.0529. The molecule has 0 bridgehead atoms. The molecule has 1 aromatic heterocycles. The van der Waals surface area contributed by atoms with Crippen molar-refractivity contribution < 1.29 is 14.3 Å². The first-order valence-electron chi connectivity index (χ1n) is 7.89. The molecule has 3 rings (SSSR count). The molecule has 0 radical (unpaired) electrons. The molecule has 0 amide bonds. The van der Waals surface area contributed by atoms with Crippen LogP contribution in [0.3, 0.4) is 0 Å². The van der Waals surface area contributed by atoms with Gasteiger partial charge < -0.3 is 10.1 Å². The van der Waals surface area contributed by atoms with Gasteiger partial charge in [0.15, 0.2) is 0 Å². The van der Waals surface area contributed by atoms with Crippen LogP contribution >= 0.6 is 11.3 Å². The van der Waals surface area contributed by atoms with E-state index in [0.717, 1.165) is 23.1 Å². The number of hydrogen-bond donors (Lipinski definition) is 1. The van der Waals surface area contributed by atoms with E-state index in [0.29, 0.717) is 22.7 Å². The van der Waals surface area contributed by atoms with E-state index in [2.05, 4.69) is 5.32 Å². The molecule has 2 aromatic carbocycles. The summed E-state index contributed by atoms with van der Waals surface area (Å²) in [6, 6.07) is 16.8. The summed E-state index contributed by atoms with van der Waals surface area (Å²) in [6.45, 7) is 2.09. The first-order valence-corrected chi connectivity index (χ1v) is 8.77. The number of carbonyl (C=O) groups is 2. The first-order chi connectivity index (χ1) is 12.2. The van der Waals surface area contributed by atoms with Crippen LogP contribution in [0.1, 0.15) is 27.6 Å². The van der Waals surface area contributed by atoms with Gasteiger partial charge in [0.2, 0.25) is 0 Å². The molecule has 0 saturated carbocycles. The summed E-state index contributed by atoms with van der Waals surface area (Å²) in [7, 11) is 0. The van der Waals surface area contributed by atoms with Crippen LogP contribution in [0.25, 0.3) is 11.1 Å². The lowest BCUT2D eigenvalue weighted by Crippen LogP contribution is -2.07. The molecular formula is C20H17NO3S. The number of benzene rings is 2. The summed E-state index contributed by atoms with van der Waals surface area (Å²) >= 11 is 1.43. The molecule has 0 spiro atoms. The summed E-state index contributed by atoms with van der Waals surface area (Å²) in [4.78, 5) is 23.5. The van der Waals surface area contributed by atoms with Crippen LogP contribution < -0.4 is 5.32 Å². The molecule has 0 aliphatic rings. The maximum Gasteiger partial charge on any atom is 0.341 e. The van der Waals surface area contributed by atoms with Crippen LogP contribution in [0, 0.1) is 0 Å². The zero-order chi connectivity index (χ0) is 17.6. The van der Waals surface area contributed by atoms with E-state index in [1.54, 1.807) is 25.1 Å². The molecule has 5 heteroatoms. The van der Waals surface area contributed by atoms with Crippen LogP contribution in [-0.2, 0) is 4.74 Å². The highest BCUT2D eigenvalue weighted by Gasteiger charge is 2.21. The molecule has 1 heterocycles. The van der Waals surface area contributed by atoms with E-state index < -0.39 is 0 Å². The second kappa shape index (κ2) is 7.77. The van der Waals surface area contributed by atoms with Gasteiger partial charge in [0.25, 0.3) is 0 Å². The highest BCUT2D eigenvalue weighted by Crippen LogP contribution is 2.37. The summed E-state index contributed by atoms with van der Waals surface area (Å²) in [5.74, 6) is -0.364. The number of aldehydes is 1. The highest BCUT2D eigenvalue weighted by atomic mass is 32.1. The van der Waals surface area contributed by atoms with Gasteiger partial charge in [-0.05, 0) is 24.6 Å². The topological polar surface area (TPSA) is 55.4 Å². The van der Waals surface area contributed by atoms with Gasteiger partial charge in [-0.3, -0.25) is 4.79 Å². The largest absolute Gasteiger partial charge is 0.462 e. The SMILES string of the molecule is CCOC(=O)c1c(-c2ccccc2)csc1Nc1cccc(C=O)c1. The lowest BCUT2D eigenvalue weighted by Gasteiger charge is -2.10. The van der Waals surface area contributed by atoms with Crippen molar-refractivity contribution in [3.63, 3.8) is 0 Å². The van der Waals surface area contributed by atoms with Crippen LogP contribution in [-0.4, -0.2) is 18.9 Å². The summed E-state index contributed by atoms with van der Waals surface area (Å²) in [5, 5.41) is 5.87. The maximum atomic E-state index is 12.5. The van der Waals surface area contributed by atoms with Crippen molar-refractivity contribution in [2.24, 2.45) is 0 Å². The predicted octanol–water partition coefficient (Wildman–Crippen LogP) is 5.15. The van der Waals surface area contributed by atoms with Crippen LogP contribution in [0.2, 0.25) is 0 Å². The minimum absolute atomic E-state index is 0.309. The van der Waals surface area contributed by atoms with E-state index >= 15 is 0 Å². The molecule has 0 aliphatic carbocycles. The molecule has 1 N–H and O–H groups in total. The minimum atomic E-state index is -0.364. The third-order valence-electron chi connectivity index (χ3n) is 3.64. The van der Waals surface area contributed by atoms with E-state index in [1.807, 2.05) is 41.8 Å². The molecule has 0 aliphatic heterocycles. The zero-order valence-electron chi connectivity index (χ0n) is 13.7. The molecule has 0 saturated heterocycles. The van der Waals surface area contributed by atoms with Gasteiger partial charge in [-0.25, -0.2) is 4.79 Å². The Morgan fingerprint density at radius 3 is 2.68 bits per heavy atom. The van der Waals surface area contributed by atoms with E-state index in [1.165, 1.54) is 11.3 Å². The highest BCUT2D eigenvalue weighted by molar-refractivity contribution is 7.15. The molecule has 0 atom stereocenters. The van der Waals surface area contributed by atoms with Gasteiger partial charge in [0.1, 0.15) is 16.9 Å². The third kappa shape index (κ3) is 3.78. The quantitative estimate of drug-likeness (QED) is 0.493. The standard InChI is InChI=1S/C20H17NO3S/c1-2-24-20(23)18-17(15-8-4-3-5-9-15)13-25-19(18)21-16-10-6-7-14(11-16)12-22/h3-13,21H,2H2,1H3. The Kier molecular flexibility index (Phi) is 5.26. The molecule has 0 fully saturated rings. The molecule has 126 valence electrons. The first kappa shape index (κ1) is 16.9. The van der Waals surface area contributed by atoms with Gasteiger partial charge in [-0.1, -0.05) is 42.5 Å². The van der Waals surface area contributed by atoms with Crippen molar-refractivity contribution in [2.45, 2.75) is 6.92 Å². The zero-order valence-corrected chi connectivity index (χ0v) is 14.5. The Morgan fingerprint density at radius 1 is 1.16 bits per heavy atom. The molecular weight excluding hydrogens is 334 g/mol.